The molecule has 0 radical (unpaired) electrons. The molecule has 2 aliphatic rings. The van der Waals surface area contributed by atoms with Gasteiger partial charge in [-0.05, 0) is 49.5 Å². The van der Waals surface area contributed by atoms with E-state index in [2.05, 4.69) is 37.5 Å². The molecule has 2 fully saturated rings. The fourth-order valence-electron chi connectivity index (χ4n) is 3.84. The van der Waals surface area contributed by atoms with Gasteiger partial charge in [-0.1, -0.05) is 27.7 Å². The quantitative estimate of drug-likeness (QED) is 0.777. The second-order valence-electron chi connectivity index (χ2n) is 7.81. The Hall–Kier alpha value is -0.570. The van der Waals surface area contributed by atoms with Crippen molar-refractivity contribution in [2.45, 2.75) is 53.4 Å². The van der Waals surface area contributed by atoms with Crippen LogP contribution in [0, 0.1) is 23.7 Å². The van der Waals surface area contributed by atoms with Crippen LogP contribution in [0.5, 0.6) is 0 Å². The molecule has 2 saturated heterocycles. The number of carbonyl (C=O) groups excluding carboxylic acids is 1. The zero-order chi connectivity index (χ0) is 15.4. The Morgan fingerprint density at radius 2 is 1.52 bits per heavy atom. The minimum Gasteiger partial charge on any atom is -0.343 e. The Bertz CT molecular complexity index is 332. The van der Waals surface area contributed by atoms with Gasteiger partial charge in [0.05, 0.1) is 0 Å². The van der Waals surface area contributed by atoms with Crippen LogP contribution in [-0.2, 0) is 4.79 Å². The molecule has 122 valence electrons. The summed E-state index contributed by atoms with van der Waals surface area (Å²) in [6.45, 7) is 14.6. The molecule has 0 aromatic carbocycles. The number of amides is 1. The summed E-state index contributed by atoms with van der Waals surface area (Å²) in [6.07, 6.45) is 4.42. The number of piperidine rings is 1. The molecule has 21 heavy (non-hydrogen) atoms. The van der Waals surface area contributed by atoms with Crippen molar-refractivity contribution in [2.75, 3.05) is 32.7 Å². The van der Waals surface area contributed by atoms with Crippen LogP contribution in [0.25, 0.3) is 0 Å². The highest BCUT2D eigenvalue weighted by molar-refractivity contribution is 5.76. The third kappa shape index (κ3) is 4.70. The number of hydrogen-bond acceptors (Lipinski definition) is 2. The zero-order valence-corrected chi connectivity index (χ0v) is 14.5. The Morgan fingerprint density at radius 3 is 2.05 bits per heavy atom. The number of hydrogen-bond donors (Lipinski definition) is 0. The number of likely N-dealkylation sites (tertiary alicyclic amines) is 2. The van der Waals surface area contributed by atoms with E-state index in [0.717, 1.165) is 49.7 Å². The first-order chi connectivity index (χ1) is 9.97. The van der Waals surface area contributed by atoms with Crippen LogP contribution < -0.4 is 0 Å². The van der Waals surface area contributed by atoms with E-state index in [-0.39, 0.29) is 0 Å². The predicted octanol–water partition coefficient (Wildman–Crippen LogP) is 3.25. The smallest absolute Gasteiger partial charge is 0.223 e. The summed E-state index contributed by atoms with van der Waals surface area (Å²) in [4.78, 5) is 16.9. The summed E-state index contributed by atoms with van der Waals surface area (Å²) < 4.78 is 0. The summed E-state index contributed by atoms with van der Waals surface area (Å²) in [5.41, 5.74) is 0. The van der Waals surface area contributed by atoms with Crippen LogP contribution in [-0.4, -0.2) is 48.4 Å². The number of carbonyl (C=O) groups is 1. The molecule has 2 rings (SSSR count). The van der Waals surface area contributed by atoms with E-state index >= 15 is 0 Å². The summed E-state index contributed by atoms with van der Waals surface area (Å²) in [7, 11) is 0. The average Bonchev–Trinajstić information content (AvgIpc) is 2.94. The highest BCUT2D eigenvalue weighted by Crippen LogP contribution is 2.26. The van der Waals surface area contributed by atoms with Crippen LogP contribution in [0.15, 0.2) is 0 Å². The van der Waals surface area contributed by atoms with Crippen LogP contribution >= 0.6 is 0 Å². The lowest BCUT2D eigenvalue weighted by molar-refractivity contribution is -0.133. The van der Waals surface area contributed by atoms with Gasteiger partial charge < -0.3 is 9.80 Å². The van der Waals surface area contributed by atoms with Gasteiger partial charge in [0.15, 0.2) is 0 Å². The van der Waals surface area contributed by atoms with Crippen molar-refractivity contribution in [1.29, 1.82) is 0 Å². The van der Waals surface area contributed by atoms with E-state index in [0.29, 0.717) is 5.91 Å². The lowest BCUT2D eigenvalue weighted by Crippen LogP contribution is -2.40. The van der Waals surface area contributed by atoms with Crippen molar-refractivity contribution in [3.8, 4) is 0 Å². The molecule has 3 nitrogen and oxygen atoms in total. The van der Waals surface area contributed by atoms with Crippen molar-refractivity contribution < 1.29 is 4.79 Å². The van der Waals surface area contributed by atoms with Gasteiger partial charge >= 0.3 is 0 Å². The second kappa shape index (κ2) is 7.62. The van der Waals surface area contributed by atoms with Gasteiger partial charge in [-0.3, -0.25) is 4.79 Å². The van der Waals surface area contributed by atoms with E-state index in [1.165, 1.54) is 32.4 Å². The SMILES string of the molecule is CC(C)C1CCN(C(=O)CCN2CC[C@@H](C(C)C)C2)CC1. The maximum absolute atomic E-state index is 12.3. The van der Waals surface area contributed by atoms with Crippen LogP contribution in [0.4, 0.5) is 0 Å². The molecule has 0 aromatic heterocycles. The van der Waals surface area contributed by atoms with E-state index in [1.807, 2.05) is 0 Å². The molecule has 1 atom stereocenters. The molecular weight excluding hydrogens is 260 g/mol. The van der Waals surface area contributed by atoms with Gasteiger partial charge in [0, 0.05) is 32.6 Å². The standard InChI is InChI=1S/C18H34N2O/c1-14(2)16-6-11-20(12-7-16)18(21)8-10-19-9-5-17(13-19)15(3)4/h14-17H,5-13H2,1-4H3/t17-/m1/s1. The molecule has 2 heterocycles. The maximum atomic E-state index is 12.3. The van der Waals surface area contributed by atoms with E-state index in [1.54, 1.807) is 0 Å². The molecule has 1 amide bonds. The summed E-state index contributed by atoms with van der Waals surface area (Å²) in [6, 6.07) is 0. The van der Waals surface area contributed by atoms with Gasteiger partial charge in [-0.15, -0.1) is 0 Å². The molecule has 0 spiro atoms. The lowest BCUT2D eigenvalue weighted by Gasteiger charge is -2.34. The van der Waals surface area contributed by atoms with E-state index < -0.39 is 0 Å². The Balaban J connectivity index is 1.67. The predicted molar refractivity (Wildman–Crippen MR) is 88.1 cm³/mol. The van der Waals surface area contributed by atoms with E-state index in [9.17, 15) is 4.79 Å². The monoisotopic (exact) mass is 294 g/mol. The Morgan fingerprint density at radius 1 is 0.952 bits per heavy atom. The zero-order valence-electron chi connectivity index (χ0n) is 14.5. The highest BCUT2D eigenvalue weighted by Gasteiger charge is 2.27. The second-order valence-corrected chi connectivity index (χ2v) is 7.81. The molecule has 3 heteroatoms. The fourth-order valence-corrected chi connectivity index (χ4v) is 3.84. The number of nitrogens with zero attached hydrogens (tertiary/aromatic N) is 2. The third-order valence-corrected chi connectivity index (χ3v) is 5.73. The van der Waals surface area contributed by atoms with Gasteiger partial charge in [-0.2, -0.15) is 0 Å². The summed E-state index contributed by atoms with van der Waals surface area (Å²) >= 11 is 0. The molecule has 0 aromatic rings. The van der Waals surface area contributed by atoms with Crippen molar-refractivity contribution in [3.05, 3.63) is 0 Å². The van der Waals surface area contributed by atoms with Gasteiger partial charge in [0.1, 0.15) is 0 Å². The van der Waals surface area contributed by atoms with Crippen molar-refractivity contribution >= 4 is 5.91 Å². The highest BCUT2D eigenvalue weighted by atomic mass is 16.2. The normalized spacial score (nSPS) is 25.2. The van der Waals surface area contributed by atoms with Crippen LogP contribution in [0.3, 0.4) is 0 Å². The number of rotatable bonds is 5. The summed E-state index contributed by atoms with van der Waals surface area (Å²) in [5, 5.41) is 0. The largest absolute Gasteiger partial charge is 0.343 e. The maximum Gasteiger partial charge on any atom is 0.223 e. The minimum absolute atomic E-state index is 0.380. The van der Waals surface area contributed by atoms with Crippen molar-refractivity contribution in [3.63, 3.8) is 0 Å². The lowest BCUT2D eigenvalue weighted by atomic mass is 9.86. The molecule has 0 saturated carbocycles. The molecule has 0 N–H and O–H groups in total. The minimum atomic E-state index is 0.380. The molecule has 0 aliphatic carbocycles. The van der Waals surface area contributed by atoms with Gasteiger partial charge in [-0.25, -0.2) is 0 Å². The average molecular weight is 294 g/mol. The molecule has 0 unspecified atom stereocenters. The van der Waals surface area contributed by atoms with E-state index in [4.69, 9.17) is 0 Å². The van der Waals surface area contributed by atoms with Crippen molar-refractivity contribution in [2.24, 2.45) is 23.7 Å². The first-order valence-electron chi connectivity index (χ1n) is 8.97. The first kappa shape index (κ1) is 16.8. The molecule has 0 bridgehead atoms. The molecule has 2 aliphatic heterocycles. The van der Waals surface area contributed by atoms with Crippen LogP contribution in [0.2, 0.25) is 0 Å². The van der Waals surface area contributed by atoms with Gasteiger partial charge in [0.2, 0.25) is 5.91 Å². The van der Waals surface area contributed by atoms with Crippen LogP contribution in [0.1, 0.15) is 53.4 Å². The fraction of sp³-hybridized carbons (Fsp3) is 0.944. The van der Waals surface area contributed by atoms with Crippen molar-refractivity contribution in [1.82, 2.24) is 9.80 Å². The molecular formula is C18H34N2O. The third-order valence-electron chi connectivity index (χ3n) is 5.73. The van der Waals surface area contributed by atoms with Gasteiger partial charge in [0.25, 0.3) is 0 Å². The topological polar surface area (TPSA) is 23.6 Å². The summed E-state index contributed by atoms with van der Waals surface area (Å²) in [5.74, 6) is 3.58. The Labute approximate surface area is 131 Å². The Kier molecular flexibility index (Phi) is 6.09. The first-order valence-corrected chi connectivity index (χ1v) is 8.97.